The van der Waals surface area contributed by atoms with E-state index in [1.54, 1.807) is 13.8 Å². The van der Waals surface area contributed by atoms with E-state index in [-0.39, 0.29) is 17.6 Å². The second-order valence-electron chi connectivity index (χ2n) is 6.84. The molecular formula is C16H24N2O3. The molecule has 0 aliphatic heterocycles. The van der Waals surface area contributed by atoms with Crippen molar-refractivity contribution in [3.05, 3.63) is 22.5 Å². The highest BCUT2D eigenvalue weighted by Gasteiger charge is 2.29. The van der Waals surface area contributed by atoms with Crippen molar-refractivity contribution in [2.24, 2.45) is 5.41 Å². The molecule has 1 amide bonds. The van der Waals surface area contributed by atoms with Gasteiger partial charge in [0.05, 0.1) is 5.56 Å². The molecule has 1 saturated carbocycles. The summed E-state index contributed by atoms with van der Waals surface area (Å²) < 4.78 is 0. The normalized spacial score (nSPS) is 18.5. The van der Waals surface area contributed by atoms with E-state index in [0.717, 1.165) is 25.7 Å². The van der Waals surface area contributed by atoms with Gasteiger partial charge in [-0.15, -0.1) is 0 Å². The molecule has 0 radical (unpaired) electrons. The Morgan fingerprint density at radius 2 is 1.81 bits per heavy atom. The fourth-order valence-electron chi connectivity index (χ4n) is 3.11. The predicted octanol–water partition coefficient (Wildman–Crippen LogP) is 3.03. The van der Waals surface area contributed by atoms with Crippen molar-refractivity contribution >= 4 is 11.9 Å². The van der Waals surface area contributed by atoms with Crippen LogP contribution in [0, 0.1) is 19.3 Å². The third-order valence-electron chi connectivity index (χ3n) is 4.55. The van der Waals surface area contributed by atoms with Gasteiger partial charge in [-0.2, -0.15) is 0 Å². The zero-order valence-corrected chi connectivity index (χ0v) is 13.2. The lowest BCUT2D eigenvalue weighted by Gasteiger charge is -2.34. The molecule has 0 aromatic carbocycles. The summed E-state index contributed by atoms with van der Waals surface area (Å²) in [6.07, 6.45) is 4.16. The third kappa shape index (κ3) is 3.28. The molecule has 1 fully saturated rings. The average Bonchev–Trinajstić information content (AvgIpc) is 2.67. The number of H-pyrrole nitrogens is 1. The maximum Gasteiger partial charge on any atom is 0.352 e. The van der Waals surface area contributed by atoms with E-state index in [2.05, 4.69) is 24.1 Å². The van der Waals surface area contributed by atoms with Gasteiger partial charge in [0.15, 0.2) is 0 Å². The van der Waals surface area contributed by atoms with Crippen molar-refractivity contribution in [3.8, 4) is 0 Å². The maximum atomic E-state index is 12.4. The third-order valence-corrected chi connectivity index (χ3v) is 4.55. The topological polar surface area (TPSA) is 82.2 Å². The average molecular weight is 292 g/mol. The molecule has 1 heterocycles. The first-order chi connectivity index (χ1) is 9.71. The summed E-state index contributed by atoms with van der Waals surface area (Å²) in [6.45, 7) is 7.92. The molecule has 1 aromatic heterocycles. The van der Waals surface area contributed by atoms with Gasteiger partial charge in [0.25, 0.3) is 5.91 Å². The highest BCUT2D eigenvalue weighted by Crippen LogP contribution is 2.35. The first kappa shape index (κ1) is 15.6. The molecule has 0 spiro atoms. The van der Waals surface area contributed by atoms with Crippen LogP contribution in [0.4, 0.5) is 0 Å². The Bertz CT molecular complexity index is 562. The number of aromatic carboxylic acids is 1. The van der Waals surface area contributed by atoms with Crippen molar-refractivity contribution < 1.29 is 14.7 Å². The van der Waals surface area contributed by atoms with Gasteiger partial charge in [0.2, 0.25) is 0 Å². The number of rotatable bonds is 3. The molecule has 1 aliphatic carbocycles. The number of carbonyl (C=O) groups excluding carboxylic acids is 1. The molecule has 21 heavy (non-hydrogen) atoms. The minimum absolute atomic E-state index is 0.0995. The van der Waals surface area contributed by atoms with Crippen molar-refractivity contribution in [2.75, 3.05) is 0 Å². The number of aryl methyl sites for hydroxylation is 1. The van der Waals surface area contributed by atoms with E-state index >= 15 is 0 Å². The smallest absolute Gasteiger partial charge is 0.352 e. The first-order valence-electron chi connectivity index (χ1n) is 7.44. The summed E-state index contributed by atoms with van der Waals surface area (Å²) >= 11 is 0. The molecule has 0 saturated heterocycles. The summed E-state index contributed by atoms with van der Waals surface area (Å²) in [5.41, 5.74) is 2.05. The minimum Gasteiger partial charge on any atom is -0.477 e. The summed E-state index contributed by atoms with van der Waals surface area (Å²) in [4.78, 5) is 26.3. The van der Waals surface area contributed by atoms with Crippen LogP contribution >= 0.6 is 0 Å². The van der Waals surface area contributed by atoms with Crippen molar-refractivity contribution in [2.45, 2.75) is 59.4 Å². The fourth-order valence-corrected chi connectivity index (χ4v) is 3.11. The van der Waals surface area contributed by atoms with Crippen LogP contribution < -0.4 is 5.32 Å². The number of carboxylic acid groups (broad SMARTS) is 1. The lowest BCUT2D eigenvalue weighted by Crippen LogP contribution is -2.39. The van der Waals surface area contributed by atoms with Crippen LogP contribution in [0.3, 0.4) is 0 Å². The van der Waals surface area contributed by atoms with Gasteiger partial charge in [-0.1, -0.05) is 13.8 Å². The van der Waals surface area contributed by atoms with Crippen molar-refractivity contribution in [1.29, 1.82) is 0 Å². The largest absolute Gasteiger partial charge is 0.477 e. The molecule has 5 heteroatoms. The molecule has 116 valence electrons. The summed E-state index contributed by atoms with van der Waals surface area (Å²) in [6, 6.07) is 0.188. The number of carboxylic acids is 1. The Morgan fingerprint density at radius 1 is 1.24 bits per heavy atom. The number of amides is 1. The number of hydrogen-bond donors (Lipinski definition) is 3. The van der Waals surface area contributed by atoms with Crippen LogP contribution in [0.1, 0.15) is 71.6 Å². The summed E-state index contributed by atoms with van der Waals surface area (Å²) in [5.74, 6) is -1.20. The standard InChI is InChI=1S/C16H24N2O3/c1-9-12(10(2)17-13(9)15(20)21)14(19)18-11-5-7-16(3,4)8-6-11/h11,17H,5-8H2,1-4H3,(H,18,19)(H,20,21). The van der Waals surface area contributed by atoms with E-state index in [9.17, 15) is 9.59 Å². The van der Waals surface area contributed by atoms with Gasteiger partial charge in [-0.05, 0) is 50.5 Å². The molecule has 1 aliphatic rings. The molecule has 0 bridgehead atoms. The van der Waals surface area contributed by atoms with Crippen LogP contribution in [0.15, 0.2) is 0 Å². The number of nitrogens with one attached hydrogen (secondary N) is 2. The second kappa shape index (κ2) is 5.54. The Balaban J connectivity index is 2.10. The Labute approximate surface area is 125 Å². The second-order valence-corrected chi connectivity index (χ2v) is 6.84. The van der Waals surface area contributed by atoms with E-state index in [4.69, 9.17) is 5.11 Å². The Kier molecular flexibility index (Phi) is 4.12. The summed E-state index contributed by atoms with van der Waals surface area (Å²) in [7, 11) is 0. The molecule has 0 unspecified atom stereocenters. The monoisotopic (exact) mass is 292 g/mol. The van der Waals surface area contributed by atoms with E-state index in [1.165, 1.54) is 0 Å². The number of hydrogen-bond acceptors (Lipinski definition) is 2. The fraction of sp³-hybridized carbons (Fsp3) is 0.625. The highest BCUT2D eigenvalue weighted by molar-refractivity contribution is 6.00. The maximum absolute atomic E-state index is 12.4. The van der Waals surface area contributed by atoms with Crippen LogP contribution in [0.25, 0.3) is 0 Å². The molecule has 0 atom stereocenters. The van der Waals surface area contributed by atoms with Gasteiger partial charge < -0.3 is 15.4 Å². The van der Waals surface area contributed by atoms with Gasteiger partial charge in [0.1, 0.15) is 5.69 Å². The van der Waals surface area contributed by atoms with Crippen LogP contribution in [0.2, 0.25) is 0 Å². The van der Waals surface area contributed by atoms with Crippen molar-refractivity contribution in [3.63, 3.8) is 0 Å². The van der Waals surface area contributed by atoms with Gasteiger partial charge in [-0.3, -0.25) is 4.79 Å². The first-order valence-corrected chi connectivity index (χ1v) is 7.44. The summed E-state index contributed by atoms with van der Waals surface area (Å²) in [5, 5.41) is 12.2. The van der Waals surface area contributed by atoms with E-state index in [1.807, 2.05) is 0 Å². The van der Waals surface area contributed by atoms with Gasteiger partial charge in [0, 0.05) is 11.7 Å². The minimum atomic E-state index is -1.03. The predicted molar refractivity (Wildman–Crippen MR) is 80.7 cm³/mol. The number of carbonyl (C=O) groups is 2. The molecule has 1 aromatic rings. The van der Waals surface area contributed by atoms with Crippen LogP contribution in [-0.2, 0) is 0 Å². The lowest BCUT2D eigenvalue weighted by atomic mass is 9.75. The van der Waals surface area contributed by atoms with E-state index in [0.29, 0.717) is 22.2 Å². The van der Waals surface area contributed by atoms with Gasteiger partial charge >= 0.3 is 5.97 Å². The van der Waals surface area contributed by atoms with Gasteiger partial charge in [-0.25, -0.2) is 4.79 Å². The highest BCUT2D eigenvalue weighted by atomic mass is 16.4. The quantitative estimate of drug-likeness (QED) is 0.801. The molecule has 3 N–H and O–H groups in total. The number of aromatic nitrogens is 1. The molecule has 5 nitrogen and oxygen atoms in total. The van der Waals surface area contributed by atoms with Crippen LogP contribution in [0.5, 0.6) is 0 Å². The van der Waals surface area contributed by atoms with Crippen molar-refractivity contribution in [1.82, 2.24) is 10.3 Å². The molecule has 2 rings (SSSR count). The Morgan fingerprint density at radius 3 is 2.29 bits per heavy atom. The van der Waals surface area contributed by atoms with Crippen LogP contribution in [-0.4, -0.2) is 28.0 Å². The zero-order chi connectivity index (χ0) is 15.8. The SMILES string of the molecule is Cc1[nH]c(C(=O)O)c(C)c1C(=O)NC1CCC(C)(C)CC1. The van der Waals surface area contributed by atoms with E-state index < -0.39 is 5.97 Å². The lowest BCUT2D eigenvalue weighted by molar-refractivity contribution is 0.0690. The zero-order valence-electron chi connectivity index (χ0n) is 13.2. The molecular weight excluding hydrogens is 268 g/mol. The number of aromatic amines is 1. The Hall–Kier alpha value is -1.78.